The number of anilines is 1. The van der Waals surface area contributed by atoms with Crippen LogP contribution in [0.15, 0.2) is 30.6 Å². The van der Waals surface area contributed by atoms with Gasteiger partial charge in [-0.2, -0.15) is 0 Å². The van der Waals surface area contributed by atoms with Crippen LogP contribution in [0.4, 0.5) is 5.82 Å². The first-order chi connectivity index (χ1) is 13.7. The predicted octanol–water partition coefficient (Wildman–Crippen LogP) is 1.36. The molecule has 3 heterocycles. The lowest BCUT2D eigenvalue weighted by molar-refractivity contribution is -0.121. The van der Waals surface area contributed by atoms with Crippen molar-refractivity contribution >= 4 is 11.7 Å². The Kier molecular flexibility index (Phi) is 6.93. The molecule has 0 aromatic carbocycles. The minimum Gasteiger partial charge on any atom is -0.355 e. The van der Waals surface area contributed by atoms with Gasteiger partial charge >= 0.3 is 0 Å². The number of nitrogens with one attached hydrogen (secondary N) is 1. The first kappa shape index (κ1) is 19.8. The molecule has 1 aliphatic rings. The second kappa shape index (κ2) is 9.81. The maximum Gasteiger partial charge on any atom is 0.234 e. The number of hydrogen-bond donors (Lipinski definition) is 1. The number of rotatable bonds is 6. The summed E-state index contributed by atoms with van der Waals surface area (Å²) in [6.07, 6.45) is 10.5. The van der Waals surface area contributed by atoms with Crippen molar-refractivity contribution < 1.29 is 4.79 Å². The Morgan fingerprint density at radius 2 is 2.04 bits per heavy atom. The molecule has 146 valence electrons. The lowest BCUT2D eigenvalue weighted by Crippen LogP contribution is -2.39. The second-order valence-electron chi connectivity index (χ2n) is 6.73. The van der Waals surface area contributed by atoms with Gasteiger partial charge in [0.15, 0.2) is 5.82 Å². The average molecular weight is 378 g/mol. The highest BCUT2D eigenvalue weighted by Gasteiger charge is 2.19. The van der Waals surface area contributed by atoms with E-state index in [9.17, 15) is 4.79 Å². The van der Waals surface area contributed by atoms with Crippen molar-refractivity contribution in [3.8, 4) is 23.7 Å². The van der Waals surface area contributed by atoms with Gasteiger partial charge in [-0.25, -0.2) is 9.97 Å². The van der Waals surface area contributed by atoms with Crippen molar-refractivity contribution in [1.82, 2.24) is 25.2 Å². The number of amides is 1. The molecule has 7 heteroatoms. The third kappa shape index (κ3) is 5.27. The maximum absolute atomic E-state index is 11.9. The van der Waals surface area contributed by atoms with E-state index in [2.05, 4.69) is 44.0 Å². The standard InChI is InChI=1S/C21H26N6O/c1-3-8-23-20(28)16-26-11-5-12-27(14-13-26)19-15-18(4-2)24-21(25-19)17-6-9-22-10-7-17/h1,6-7,9-10,15H,4-5,8,11-14,16H2,2H3,(H,23,28). The lowest BCUT2D eigenvalue weighted by Gasteiger charge is -2.23. The number of aromatic nitrogens is 3. The van der Waals surface area contributed by atoms with Crippen LogP contribution in [0.5, 0.6) is 0 Å². The van der Waals surface area contributed by atoms with Gasteiger partial charge in [0.2, 0.25) is 5.91 Å². The zero-order valence-corrected chi connectivity index (χ0v) is 16.3. The van der Waals surface area contributed by atoms with Crippen LogP contribution in [0.2, 0.25) is 0 Å². The molecule has 0 radical (unpaired) electrons. The minimum absolute atomic E-state index is 0.0262. The first-order valence-electron chi connectivity index (χ1n) is 9.65. The van der Waals surface area contributed by atoms with E-state index in [4.69, 9.17) is 11.4 Å². The summed E-state index contributed by atoms with van der Waals surface area (Å²) < 4.78 is 0. The van der Waals surface area contributed by atoms with Gasteiger partial charge in [0.05, 0.1) is 13.1 Å². The topological polar surface area (TPSA) is 74.2 Å². The van der Waals surface area contributed by atoms with E-state index in [-0.39, 0.29) is 12.5 Å². The molecule has 2 aromatic rings. The van der Waals surface area contributed by atoms with Crippen LogP contribution in [0.1, 0.15) is 19.0 Å². The van der Waals surface area contributed by atoms with Crippen LogP contribution >= 0.6 is 0 Å². The SMILES string of the molecule is C#CCNC(=O)CN1CCCN(c2cc(CC)nc(-c3ccncc3)n2)CC1. The Bertz CT molecular complexity index is 833. The molecule has 2 aromatic heterocycles. The zero-order chi connectivity index (χ0) is 19.8. The van der Waals surface area contributed by atoms with Gasteiger partial charge in [-0.15, -0.1) is 6.42 Å². The van der Waals surface area contributed by atoms with Gasteiger partial charge in [-0.05, 0) is 25.0 Å². The Hall–Kier alpha value is -2.98. The fraction of sp³-hybridized carbons (Fsp3) is 0.429. The summed E-state index contributed by atoms with van der Waals surface area (Å²) in [5.41, 5.74) is 1.99. The molecule has 0 spiro atoms. The first-order valence-corrected chi connectivity index (χ1v) is 9.65. The molecule has 3 rings (SSSR count). The predicted molar refractivity (Wildman–Crippen MR) is 110 cm³/mol. The molecule has 0 saturated carbocycles. The largest absolute Gasteiger partial charge is 0.355 e. The molecule has 1 amide bonds. The van der Waals surface area contributed by atoms with Crippen LogP contribution < -0.4 is 10.2 Å². The molecule has 1 fully saturated rings. The van der Waals surface area contributed by atoms with E-state index in [0.717, 1.165) is 61.9 Å². The summed E-state index contributed by atoms with van der Waals surface area (Å²) in [5.74, 6) is 4.07. The molecular formula is C21H26N6O. The van der Waals surface area contributed by atoms with E-state index in [1.165, 1.54) is 0 Å². The zero-order valence-electron chi connectivity index (χ0n) is 16.3. The minimum atomic E-state index is -0.0262. The summed E-state index contributed by atoms with van der Waals surface area (Å²) in [4.78, 5) is 29.9. The number of nitrogens with zero attached hydrogens (tertiary/aromatic N) is 5. The van der Waals surface area contributed by atoms with Gasteiger partial charge in [-0.1, -0.05) is 12.8 Å². The summed E-state index contributed by atoms with van der Waals surface area (Å²) >= 11 is 0. The monoisotopic (exact) mass is 378 g/mol. The molecule has 0 aliphatic carbocycles. The summed E-state index contributed by atoms with van der Waals surface area (Å²) in [6, 6.07) is 5.93. The van der Waals surface area contributed by atoms with Crippen LogP contribution in [0.25, 0.3) is 11.4 Å². The summed E-state index contributed by atoms with van der Waals surface area (Å²) in [6.45, 7) is 6.15. The normalized spacial score (nSPS) is 14.9. The number of aryl methyl sites for hydroxylation is 1. The number of carbonyl (C=O) groups is 1. The van der Waals surface area contributed by atoms with Gasteiger partial charge in [0, 0.05) is 55.9 Å². The molecule has 1 aliphatic heterocycles. The van der Waals surface area contributed by atoms with Crippen LogP contribution in [0.3, 0.4) is 0 Å². The molecule has 0 atom stereocenters. The van der Waals surface area contributed by atoms with E-state index in [0.29, 0.717) is 6.54 Å². The van der Waals surface area contributed by atoms with Gasteiger partial charge in [0.25, 0.3) is 0 Å². The fourth-order valence-corrected chi connectivity index (χ4v) is 3.22. The van der Waals surface area contributed by atoms with E-state index < -0.39 is 0 Å². The molecular weight excluding hydrogens is 352 g/mol. The van der Waals surface area contributed by atoms with Gasteiger partial charge < -0.3 is 10.2 Å². The Morgan fingerprint density at radius 3 is 2.79 bits per heavy atom. The van der Waals surface area contributed by atoms with Gasteiger partial charge in [0.1, 0.15) is 5.82 Å². The average Bonchev–Trinajstić information content (AvgIpc) is 2.98. The van der Waals surface area contributed by atoms with Crippen molar-refractivity contribution in [2.24, 2.45) is 0 Å². The third-order valence-electron chi connectivity index (χ3n) is 4.73. The van der Waals surface area contributed by atoms with Crippen molar-refractivity contribution in [1.29, 1.82) is 0 Å². The Morgan fingerprint density at radius 1 is 1.21 bits per heavy atom. The van der Waals surface area contributed by atoms with E-state index in [1.807, 2.05) is 12.1 Å². The van der Waals surface area contributed by atoms with E-state index >= 15 is 0 Å². The Labute approximate surface area is 166 Å². The number of carbonyl (C=O) groups excluding carboxylic acids is 1. The quantitative estimate of drug-likeness (QED) is 0.765. The number of terminal acetylenes is 1. The van der Waals surface area contributed by atoms with Crippen molar-refractivity contribution in [2.45, 2.75) is 19.8 Å². The molecule has 7 nitrogen and oxygen atoms in total. The maximum atomic E-state index is 11.9. The van der Waals surface area contributed by atoms with Crippen molar-refractivity contribution in [3.63, 3.8) is 0 Å². The highest BCUT2D eigenvalue weighted by molar-refractivity contribution is 5.78. The number of pyridine rings is 1. The molecule has 0 unspecified atom stereocenters. The number of hydrogen-bond acceptors (Lipinski definition) is 6. The summed E-state index contributed by atoms with van der Waals surface area (Å²) in [7, 11) is 0. The smallest absolute Gasteiger partial charge is 0.234 e. The second-order valence-corrected chi connectivity index (χ2v) is 6.73. The molecule has 0 bridgehead atoms. The third-order valence-corrected chi connectivity index (χ3v) is 4.73. The lowest BCUT2D eigenvalue weighted by atomic mass is 10.2. The molecule has 28 heavy (non-hydrogen) atoms. The van der Waals surface area contributed by atoms with Gasteiger partial charge in [-0.3, -0.25) is 14.7 Å². The highest BCUT2D eigenvalue weighted by Crippen LogP contribution is 2.21. The molecule has 1 saturated heterocycles. The van der Waals surface area contributed by atoms with Crippen LogP contribution in [-0.2, 0) is 11.2 Å². The van der Waals surface area contributed by atoms with Crippen molar-refractivity contribution in [2.75, 3.05) is 44.2 Å². The van der Waals surface area contributed by atoms with Crippen molar-refractivity contribution in [3.05, 3.63) is 36.3 Å². The highest BCUT2D eigenvalue weighted by atomic mass is 16.2. The Balaban J connectivity index is 1.71. The fourth-order valence-electron chi connectivity index (χ4n) is 3.22. The van der Waals surface area contributed by atoms with Crippen LogP contribution in [-0.4, -0.2) is 65.0 Å². The van der Waals surface area contributed by atoms with E-state index in [1.54, 1.807) is 12.4 Å². The summed E-state index contributed by atoms with van der Waals surface area (Å²) in [5, 5.41) is 2.73. The van der Waals surface area contributed by atoms with Crippen LogP contribution in [0, 0.1) is 12.3 Å². The molecule has 1 N–H and O–H groups in total.